The second-order valence-corrected chi connectivity index (χ2v) is 10.1. The number of hydrogen-bond acceptors (Lipinski definition) is 3. The van der Waals surface area contributed by atoms with Gasteiger partial charge in [0.05, 0.1) is 4.90 Å². The van der Waals surface area contributed by atoms with Gasteiger partial charge < -0.3 is 5.32 Å². The molecule has 0 unspecified atom stereocenters. The molecule has 0 spiro atoms. The van der Waals surface area contributed by atoms with Crippen LogP contribution in [-0.4, -0.2) is 31.7 Å². The van der Waals surface area contributed by atoms with E-state index in [0.717, 1.165) is 31.1 Å². The maximum absolute atomic E-state index is 12.7. The van der Waals surface area contributed by atoms with Gasteiger partial charge in [-0.1, -0.05) is 12.8 Å². The molecule has 1 amide bonds. The van der Waals surface area contributed by atoms with Gasteiger partial charge in [-0.25, -0.2) is 8.42 Å². The van der Waals surface area contributed by atoms with Gasteiger partial charge in [-0.3, -0.25) is 4.79 Å². The lowest BCUT2D eigenvalue weighted by molar-refractivity contribution is -0.117. The van der Waals surface area contributed by atoms with E-state index in [9.17, 15) is 13.2 Å². The second-order valence-electron chi connectivity index (χ2n) is 8.18. The Labute approximate surface area is 156 Å². The molecule has 2 saturated carbocycles. The molecule has 1 aromatic rings. The molecule has 1 aliphatic heterocycles. The molecule has 1 saturated heterocycles. The fraction of sp³-hybridized carbons (Fsp3) is 0.650. The quantitative estimate of drug-likeness (QED) is 0.853. The number of rotatable bonds is 5. The summed E-state index contributed by atoms with van der Waals surface area (Å²) in [6, 6.07) is 6.62. The zero-order chi connectivity index (χ0) is 18.1. The minimum Gasteiger partial charge on any atom is -0.326 e. The molecule has 5 nitrogen and oxygen atoms in total. The number of sulfonamides is 1. The third kappa shape index (κ3) is 3.67. The number of carbonyl (C=O) groups excluding carboxylic acids is 1. The third-order valence-corrected chi connectivity index (χ3v) is 8.34. The molecule has 0 radical (unpaired) electrons. The standard InChI is InChI=1S/C20H28N2O3S/c23-20(14-17-13-15-4-5-16(17)12-15)21-18-6-8-19(9-7-18)26(24,25)22-10-2-1-3-11-22/h6-9,15-17H,1-5,10-14H2,(H,21,23)/t15-,16+,17+/m0/s1. The van der Waals surface area contributed by atoms with Crippen LogP contribution in [0, 0.1) is 17.8 Å². The van der Waals surface area contributed by atoms with Gasteiger partial charge in [-0.15, -0.1) is 0 Å². The van der Waals surface area contributed by atoms with Crippen molar-refractivity contribution >= 4 is 21.6 Å². The van der Waals surface area contributed by atoms with E-state index in [1.54, 1.807) is 28.6 Å². The first-order valence-electron chi connectivity index (χ1n) is 9.92. The van der Waals surface area contributed by atoms with Crippen molar-refractivity contribution in [2.24, 2.45) is 17.8 Å². The van der Waals surface area contributed by atoms with E-state index < -0.39 is 10.0 Å². The topological polar surface area (TPSA) is 66.5 Å². The highest BCUT2D eigenvalue weighted by molar-refractivity contribution is 7.89. The normalized spacial score (nSPS) is 29.0. The van der Waals surface area contributed by atoms with E-state index in [2.05, 4.69) is 5.32 Å². The van der Waals surface area contributed by atoms with Crippen LogP contribution in [0.1, 0.15) is 51.4 Å². The molecule has 6 heteroatoms. The number of fused-ring (bicyclic) bond motifs is 2. The van der Waals surface area contributed by atoms with Crippen LogP contribution in [-0.2, 0) is 14.8 Å². The van der Waals surface area contributed by atoms with E-state index in [1.807, 2.05) is 0 Å². The highest BCUT2D eigenvalue weighted by Gasteiger charge is 2.40. The van der Waals surface area contributed by atoms with Crippen molar-refractivity contribution in [1.29, 1.82) is 0 Å². The maximum atomic E-state index is 12.7. The van der Waals surface area contributed by atoms with E-state index in [0.29, 0.717) is 36.0 Å². The van der Waals surface area contributed by atoms with E-state index >= 15 is 0 Å². The van der Waals surface area contributed by atoms with Gasteiger partial charge in [-0.05, 0) is 74.1 Å². The molecule has 2 aliphatic carbocycles. The number of nitrogens with zero attached hydrogens (tertiary/aromatic N) is 1. The first kappa shape index (κ1) is 18.0. The lowest BCUT2D eigenvalue weighted by Gasteiger charge is -2.26. The van der Waals surface area contributed by atoms with Crippen LogP contribution in [0.5, 0.6) is 0 Å². The molecule has 0 aromatic heterocycles. The van der Waals surface area contributed by atoms with E-state index in [1.165, 1.54) is 25.7 Å². The highest BCUT2D eigenvalue weighted by Crippen LogP contribution is 2.49. The number of amides is 1. The summed E-state index contributed by atoms with van der Waals surface area (Å²) >= 11 is 0. The number of nitrogens with one attached hydrogen (secondary N) is 1. The highest BCUT2D eigenvalue weighted by atomic mass is 32.2. The molecule has 3 aliphatic rings. The first-order chi connectivity index (χ1) is 12.5. The number of hydrogen-bond donors (Lipinski definition) is 1. The van der Waals surface area contributed by atoms with Crippen molar-refractivity contribution in [2.75, 3.05) is 18.4 Å². The van der Waals surface area contributed by atoms with Gasteiger partial charge in [0.2, 0.25) is 15.9 Å². The molecule has 1 aromatic carbocycles. The number of carbonyl (C=O) groups is 1. The fourth-order valence-corrected chi connectivity index (χ4v) is 6.56. The summed E-state index contributed by atoms with van der Waals surface area (Å²) < 4.78 is 26.9. The SMILES string of the molecule is O=C(C[C@H]1C[C@H]2CC[C@@H]1C2)Nc1ccc(S(=O)(=O)N2CCCCC2)cc1. The van der Waals surface area contributed by atoms with Crippen molar-refractivity contribution in [3.8, 4) is 0 Å². The summed E-state index contributed by atoms with van der Waals surface area (Å²) in [7, 11) is -3.41. The molecular weight excluding hydrogens is 348 g/mol. The third-order valence-electron chi connectivity index (χ3n) is 6.42. The van der Waals surface area contributed by atoms with Crippen LogP contribution in [0.3, 0.4) is 0 Å². The molecular formula is C20H28N2O3S. The Bertz CT molecular complexity index is 754. The molecule has 1 N–H and O–H groups in total. The maximum Gasteiger partial charge on any atom is 0.243 e. The predicted molar refractivity (Wildman–Crippen MR) is 101 cm³/mol. The zero-order valence-corrected chi connectivity index (χ0v) is 16.0. The van der Waals surface area contributed by atoms with Crippen LogP contribution in [0.15, 0.2) is 29.2 Å². The van der Waals surface area contributed by atoms with Crippen LogP contribution >= 0.6 is 0 Å². The number of anilines is 1. The van der Waals surface area contributed by atoms with Crippen LogP contribution in [0.4, 0.5) is 5.69 Å². The minimum absolute atomic E-state index is 0.0502. The predicted octanol–water partition coefficient (Wildman–Crippen LogP) is 3.63. The van der Waals surface area contributed by atoms with Gasteiger partial charge in [-0.2, -0.15) is 4.31 Å². The Hall–Kier alpha value is -1.40. The Morgan fingerprint density at radius 2 is 1.77 bits per heavy atom. The zero-order valence-electron chi connectivity index (χ0n) is 15.2. The Morgan fingerprint density at radius 3 is 2.38 bits per heavy atom. The van der Waals surface area contributed by atoms with Crippen LogP contribution in [0.25, 0.3) is 0 Å². The van der Waals surface area contributed by atoms with Gasteiger partial charge in [0.1, 0.15) is 0 Å². The summed E-state index contributed by atoms with van der Waals surface area (Å²) in [6.07, 6.45) is 8.68. The molecule has 3 atom stereocenters. The molecule has 2 bridgehead atoms. The minimum atomic E-state index is -3.41. The second kappa shape index (κ2) is 7.31. The summed E-state index contributed by atoms with van der Waals surface area (Å²) in [5, 5.41) is 2.94. The van der Waals surface area contributed by atoms with Gasteiger partial charge in [0.25, 0.3) is 0 Å². The lowest BCUT2D eigenvalue weighted by atomic mass is 9.86. The smallest absolute Gasteiger partial charge is 0.243 e. The average Bonchev–Trinajstić information content (AvgIpc) is 3.26. The Morgan fingerprint density at radius 1 is 1.04 bits per heavy atom. The molecule has 1 heterocycles. The van der Waals surface area contributed by atoms with Crippen molar-refractivity contribution in [3.05, 3.63) is 24.3 Å². The van der Waals surface area contributed by atoms with Crippen molar-refractivity contribution in [2.45, 2.75) is 56.3 Å². The first-order valence-corrected chi connectivity index (χ1v) is 11.4. The van der Waals surface area contributed by atoms with Crippen LogP contribution in [0.2, 0.25) is 0 Å². The Balaban J connectivity index is 1.36. The van der Waals surface area contributed by atoms with Crippen LogP contribution < -0.4 is 5.32 Å². The van der Waals surface area contributed by atoms with Gasteiger partial charge in [0.15, 0.2) is 0 Å². The monoisotopic (exact) mass is 376 g/mol. The van der Waals surface area contributed by atoms with Gasteiger partial charge >= 0.3 is 0 Å². The molecule has 4 rings (SSSR count). The number of benzene rings is 1. The fourth-order valence-electron chi connectivity index (χ4n) is 5.04. The van der Waals surface area contributed by atoms with Gasteiger partial charge in [0, 0.05) is 25.2 Å². The van der Waals surface area contributed by atoms with E-state index in [-0.39, 0.29) is 5.91 Å². The summed E-state index contributed by atoms with van der Waals surface area (Å²) in [6.45, 7) is 1.20. The molecule has 3 fully saturated rings. The van der Waals surface area contributed by atoms with E-state index in [4.69, 9.17) is 0 Å². The van der Waals surface area contributed by atoms with Crippen molar-refractivity contribution in [1.82, 2.24) is 4.31 Å². The number of piperidine rings is 1. The summed E-state index contributed by atoms with van der Waals surface area (Å²) in [5.41, 5.74) is 0.677. The van der Waals surface area contributed by atoms with Crippen molar-refractivity contribution in [3.63, 3.8) is 0 Å². The summed E-state index contributed by atoms with van der Waals surface area (Å²) in [4.78, 5) is 12.6. The lowest BCUT2D eigenvalue weighted by Crippen LogP contribution is -2.35. The average molecular weight is 377 g/mol. The largest absolute Gasteiger partial charge is 0.326 e. The molecule has 142 valence electrons. The Kier molecular flexibility index (Phi) is 5.06. The molecule has 26 heavy (non-hydrogen) atoms. The summed E-state index contributed by atoms with van der Waals surface area (Å²) in [5.74, 6) is 2.17. The van der Waals surface area contributed by atoms with Crippen molar-refractivity contribution < 1.29 is 13.2 Å².